The van der Waals surface area contributed by atoms with Crippen LogP contribution in [0, 0.1) is 0 Å². The van der Waals surface area contributed by atoms with Crippen LogP contribution in [-0.2, 0) is 11.3 Å². The van der Waals surface area contributed by atoms with Crippen molar-refractivity contribution in [1.82, 2.24) is 10.2 Å². The molecule has 2 rings (SSSR count). The monoisotopic (exact) mass is 370 g/mol. The topological polar surface area (TPSA) is 43.0 Å². The van der Waals surface area contributed by atoms with Gasteiger partial charge in [0.25, 0.3) is 0 Å². The van der Waals surface area contributed by atoms with Crippen LogP contribution in [0.4, 0.5) is 0 Å². The Hall–Kier alpha value is -1.01. The third-order valence-electron chi connectivity index (χ3n) is 4.08. The normalized spacial score (nSPS) is 15.3. The van der Waals surface area contributed by atoms with E-state index in [4.69, 9.17) is 25.8 Å². The zero-order valence-electron chi connectivity index (χ0n) is 15.5. The number of ether oxygens (including phenoxy) is 3. The van der Waals surface area contributed by atoms with Crippen LogP contribution in [0.2, 0.25) is 5.02 Å². The molecule has 142 valence electrons. The molecule has 1 aliphatic rings. The highest BCUT2D eigenvalue weighted by atomic mass is 35.5. The van der Waals surface area contributed by atoms with Crippen molar-refractivity contribution in [3.8, 4) is 11.5 Å². The van der Waals surface area contributed by atoms with Crippen molar-refractivity contribution in [2.75, 3.05) is 52.6 Å². The molecule has 0 radical (unpaired) electrons. The van der Waals surface area contributed by atoms with Gasteiger partial charge in [-0.25, -0.2) is 0 Å². The first-order valence-electron chi connectivity index (χ1n) is 9.33. The smallest absolute Gasteiger partial charge is 0.179 e. The van der Waals surface area contributed by atoms with Crippen molar-refractivity contribution in [3.05, 3.63) is 22.7 Å². The summed E-state index contributed by atoms with van der Waals surface area (Å²) in [5, 5.41) is 4.10. The molecular formula is C19H31ClN2O3. The predicted octanol–water partition coefficient (Wildman–Crippen LogP) is 3.34. The molecule has 0 atom stereocenters. The van der Waals surface area contributed by atoms with E-state index in [0.29, 0.717) is 24.0 Å². The van der Waals surface area contributed by atoms with Gasteiger partial charge in [0.2, 0.25) is 0 Å². The highest BCUT2D eigenvalue weighted by molar-refractivity contribution is 6.32. The molecule has 0 unspecified atom stereocenters. The van der Waals surface area contributed by atoms with Gasteiger partial charge in [0.05, 0.1) is 31.5 Å². The Balaban J connectivity index is 1.80. The SMILES string of the molecule is CCCOc1c(Cl)cc(CNCCCN2CCOCC2)cc1OCC. The minimum Gasteiger partial charge on any atom is -0.490 e. The number of halogens is 1. The number of nitrogens with one attached hydrogen (secondary N) is 1. The minimum absolute atomic E-state index is 0.593. The first-order chi connectivity index (χ1) is 12.2. The lowest BCUT2D eigenvalue weighted by molar-refractivity contribution is 0.0374. The number of nitrogens with zero attached hydrogens (tertiary/aromatic N) is 1. The molecule has 0 saturated carbocycles. The van der Waals surface area contributed by atoms with Crippen molar-refractivity contribution in [2.45, 2.75) is 33.2 Å². The van der Waals surface area contributed by atoms with E-state index in [1.165, 1.54) is 0 Å². The van der Waals surface area contributed by atoms with Crippen LogP contribution < -0.4 is 14.8 Å². The second-order valence-electron chi connectivity index (χ2n) is 6.17. The Kier molecular flexibility index (Phi) is 9.40. The van der Waals surface area contributed by atoms with Crippen LogP contribution in [-0.4, -0.2) is 57.5 Å². The first-order valence-corrected chi connectivity index (χ1v) is 9.71. The van der Waals surface area contributed by atoms with Crippen molar-refractivity contribution in [2.24, 2.45) is 0 Å². The molecule has 1 saturated heterocycles. The van der Waals surface area contributed by atoms with Gasteiger partial charge >= 0.3 is 0 Å². The molecule has 25 heavy (non-hydrogen) atoms. The van der Waals surface area contributed by atoms with Gasteiger partial charge in [0, 0.05) is 19.6 Å². The molecule has 1 aromatic carbocycles. The summed E-state index contributed by atoms with van der Waals surface area (Å²) < 4.78 is 16.8. The fourth-order valence-corrected chi connectivity index (χ4v) is 3.10. The maximum Gasteiger partial charge on any atom is 0.179 e. The maximum absolute atomic E-state index is 6.40. The van der Waals surface area contributed by atoms with Gasteiger partial charge in [-0.15, -0.1) is 0 Å². The molecule has 0 aliphatic carbocycles. The second-order valence-corrected chi connectivity index (χ2v) is 6.58. The van der Waals surface area contributed by atoms with Crippen LogP contribution in [0.15, 0.2) is 12.1 Å². The molecule has 1 fully saturated rings. The first kappa shape index (κ1) is 20.3. The molecule has 6 heteroatoms. The van der Waals surface area contributed by atoms with E-state index in [0.717, 1.165) is 70.1 Å². The van der Waals surface area contributed by atoms with Gasteiger partial charge in [-0.2, -0.15) is 0 Å². The molecule has 0 amide bonds. The largest absolute Gasteiger partial charge is 0.490 e. The van der Waals surface area contributed by atoms with Gasteiger partial charge in [-0.3, -0.25) is 4.90 Å². The fourth-order valence-electron chi connectivity index (χ4n) is 2.82. The average molecular weight is 371 g/mol. The molecule has 1 aromatic rings. The predicted molar refractivity (Wildman–Crippen MR) is 102 cm³/mol. The Morgan fingerprint density at radius 3 is 2.72 bits per heavy atom. The van der Waals surface area contributed by atoms with Crippen LogP contribution in [0.5, 0.6) is 11.5 Å². The zero-order valence-corrected chi connectivity index (χ0v) is 16.2. The lowest BCUT2D eigenvalue weighted by Crippen LogP contribution is -2.37. The van der Waals surface area contributed by atoms with Gasteiger partial charge in [0.1, 0.15) is 0 Å². The van der Waals surface area contributed by atoms with E-state index in [9.17, 15) is 0 Å². The van der Waals surface area contributed by atoms with Crippen molar-refractivity contribution in [1.29, 1.82) is 0 Å². The minimum atomic E-state index is 0.593. The molecule has 5 nitrogen and oxygen atoms in total. The van der Waals surface area contributed by atoms with E-state index < -0.39 is 0 Å². The third-order valence-corrected chi connectivity index (χ3v) is 4.36. The van der Waals surface area contributed by atoms with E-state index >= 15 is 0 Å². The second kappa shape index (κ2) is 11.6. The van der Waals surface area contributed by atoms with Crippen LogP contribution in [0.3, 0.4) is 0 Å². The van der Waals surface area contributed by atoms with Gasteiger partial charge in [-0.1, -0.05) is 18.5 Å². The highest BCUT2D eigenvalue weighted by Gasteiger charge is 2.13. The number of hydrogen-bond donors (Lipinski definition) is 1. The quantitative estimate of drug-likeness (QED) is 0.605. The molecule has 1 aliphatic heterocycles. The summed E-state index contributed by atoms with van der Waals surface area (Å²) in [6, 6.07) is 3.99. The third kappa shape index (κ3) is 7.02. The van der Waals surface area contributed by atoms with Gasteiger partial charge < -0.3 is 19.5 Å². The standard InChI is InChI=1S/C19H31ClN2O3/c1-3-10-25-19-17(20)13-16(14-18(19)24-4-2)15-21-6-5-7-22-8-11-23-12-9-22/h13-14,21H,3-12,15H2,1-2H3. The summed E-state index contributed by atoms with van der Waals surface area (Å²) in [6.45, 7) is 12.0. The number of rotatable bonds is 11. The van der Waals surface area contributed by atoms with Crippen molar-refractivity contribution < 1.29 is 14.2 Å². The fraction of sp³-hybridized carbons (Fsp3) is 0.684. The van der Waals surface area contributed by atoms with Crippen LogP contribution in [0.25, 0.3) is 0 Å². The van der Waals surface area contributed by atoms with E-state index in [1.807, 2.05) is 19.1 Å². The molecule has 1 heterocycles. The van der Waals surface area contributed by atoms with E-state index in [-0.39, 0.29) is 0 Å². The zero-order chi connectivity index (χ0) is 17.9. The Labute approximate surface area is 156 Å². The Bertz CT molecular complexity index is 508. The molecule has 0 bridgehead atoms. The summed E-state index contributed by atoms with van der Waals surface area (Å²) in [5.41, 5.74) is 1.11. The summed E-state index contributed by atoms with van der Waals surface area (Å²) in [6.07, 6.45) is 2.07. The van der Waals surface area contributed by atoms with Crippen molar-refractivity contribution >= 4 is 11.6 Å². The van der Waals surface area contributed by atoms with Gasteiger partial charge in [-0.05, 0) is 50.6 Å². The molecule has 1 N–H and O–H groups in total. The average Bonchev–Trinajstić information content (AvgIpc) is 2.62. The summed E-state index contributed by atoms with van der Waals surface area (Å²) in [5.74, 6) is 1.38. The molecule has 0 spiro atoms. The van der Waals surface area contributed by atoms with E-state index in [2.05, 4.69) is 17.1 Å². The number of morpholine rings is 1. The lowest BCUT2D eigenvalue weighted by atomic mass is 10.2. The molecule has 0 aromatic heterocycles. The van der Waals surface area contributed by atoms with Crippen LogP contribution in [0.1, 0.15) is 32.3 Å². The van der Waals surface area contributed by atoms with Crippen LogP contribution >= 0.6 is 11.6 Å². The Morgan fingerprint density at radius 1 is 1.20 bits per heavy atom. The van der Waals surface area contributed by atoms with E-state index in [1.54, 1.807) is 0 Å². The van der Waals surface area contributed by atoms with Gasteiger partial charge in [0.15, 0.2) is 11.5 Å². The number of hydrogen-bond acceptors (Lipinski definition) is 5. The summed E-state index contributed by atoms with van der Waals surface area (Å²) in [4.78, 5) is 2.45. The van der Waals surface area contributed by atoms with Crippen molar-refractivity contribution in [3.63, 3.8) is 0 Å². The summed E-state index contributed by atoms with van der Waals surface area (Å²) >= 11 is 6.40. The highest BCUT2D eigenvalue weighted by Crippen LogP contribution is 2.36. The lowest BCUT2D eigenvalue weighted by Gasteiger charge is -2.26. The number of benzene rings is 1. The molecular weight excluding hydrogens is 340 g/mol. The maximum atomic E-state index is 6.40. The summed E-state index contributed by atoms with van der Waals surface area (Å²) in [7, 11) is 0. The Morgan fingerprint density at radius 2 is 2.00 bits per heavy atom.